The number of carbonyl (C=O) groups excluding carboxylic acids is 2. The number of amides is 2. The highest BCUT2D eigenvalue weighted by Crippen LogP contribution is 2.36. The highest BCUT2D eigenvalue weighted by molar-refractivity contribution is 6.00. The molecule has 3 aliphatic rings. The van der Waals surface area contributed by atoms with Crippen LogP contribution in [0.2, 0.25) is 0 Å². The minimum absolute atomic E-state index is 0.0965. The maximum absolute atomic E-state index is 12.7. The van der Waals surface area contributed by atoms with Gasteiger partial charge < -0.3 is 19.7 Å². The number of aryl methyl sites for hydroxylation is 2. The van der Waals surface area contributed by atoms with E-state index in [1.54, 1.807) is 0 Å². The molecule has 0 aromatic heterocycles. The molecule has 0 radical (unpaired) electrons. The third-order valence-corrected chi connectivity index (χ3v) is 5.43. The van der Waals surface area contributed by atoms with Crippen LogP contribution in [0, 0.1) is 0 Å². The van der Waals surface area contributed by atoms with E-state index < -0.39 is 0 Å². The van der Waals surface area contributed by atoms with Crippen molar-refractivity contribution in [1.29, 1.82) is 0 Å². The normalized spacial score (nSPS) is 16.9. The zero-order valence-electron chi connectivity index (χ0n) is 14.9. The van der Waals surface area contributed by atoms with E-state index in [-0.39, 0.29) is 18.6 Å². The minimum Gasteiger partial charge on any atom is -0.454 e. The number of ether oxygens (including phenoxy) is 2. The second-order valence-corrected chi connectivity index (χ2v) is 7.16. The third kappa shape index (κ3) is 2.81. The summed E-state index contributed by atoms with van der Waals surface area (Å²) in [4.78, 5) is 26.8. The van der Waals surface area contributed by atoms with Crippen LogP contribution in [-0.2, 0) is 24.2 Å². The number of nitrogens with one attached hydrogen (secondary N) is 1. The van der Waals surface area contributed by atoms with E-state index in [0.29, 0.717) is 30.7 Å². The van der Waals surface area contributed by atoms with E-state index in [9.17, 15) is 9.59 Å². The highest BCUT2D eigenvalue weighted by Gasteiger charge is 2.30. The first-order chi connectivity index (χ1) is 13.2. The lowest BCUT2D eigenvalue weighted by Gasteiger charge is -2.35. The molecule has 27 heavy (non-hydrogen) atoms. The van der Waals surface area contributed by atoms with E-state index in [1.165, 1.54) is 0 Å². The van der Waals surface area contributed by atoms with Crippen LogP contribution in [0.15, 0.2) is 30.3 Å². The Morgan fingerprint density at radius 2 is 1.85 bits per heavy atom. The lowest BCUT2D eigenvalue weighted by atomic mass is 9.89. The minimum atomic E-state index is -0.0965. The van der Waals surface area contributed by atoms with Crippen molar-refractivity contribution in [1.82, 2.24) is 5.32 Å². The Morgan fingerprint density at radius 1 is 1.04 bits per heavy atom. The van der Waals surface area contributed by atoms with Crippen molar-refractivity contribution in [2.75, 3.05) is 18.2 Å². The van der Waals surface area contributed by atoms with E-state index in [4.69, 9.17) is 9.47 Å². The summed E-state index contributed by atoms with van der Waals surface area (Å²) in [5.74, 6) is 1.55. The van der Waals surface area contributed by atoms with E-state index in [0.717, 1.165) is 47.5 Å². The fourth-order valence-corrected chi connectivity index (χ4v) is 4.12. The van der Waals surface area contributed by atoms with Gasteiger partial charge in [0.05, 0.1) is 5.69 Å². The lowest BCUT2D eigenvalue weighted by molar-refractivity contribution is -0.119. The maximum Gasteiger partial charge on any atom is 0.251 e. The van der Waals surface area contributed by atoms with Crippen molar-refractivity contribution in [3.05, 3.63) is 52.6 Å². The molecule has 0 aliphatic carbocycles. The summed E-state index contributed by atoms with van der Waals surface area (Å²) in [6.45, 7) is 1.45. The Bertz CT molecular complexity index is 936. The Labute approximate surface area is 157 Å². The van der Waals surface area contributed by atoms with Gasteiger partial charge in [0, 0.05) is 25.1 Å². The van der Waals surface area contributed by atoms with Crippen molar-refractivity contribution in [2.45, 2.75) is 32.2 Å². The average Bonchev–Trinajstić information content (AvgIpc) is 3.16. The molecule has 5 rings (SSSR count). The molecule has 0 saturated heterocycles. The summed E-state index contributed by atoms with van der Waals surface area (Å²) in [7, 11) is 0. The van der Waals surface area contributed by atoms with Crippen LogP contribution in [0.5, 0.6) is 11.5 Å². The van der Waals surface area contributed by atoms with Crippen molar-refractivity contribution >= 4 is 17.5 Å². The first-order valence-corrected chi connectivity index (χ1v) is 9.32. The van der Waals surface area contributed by atoms with Gasteiger partial charge in [0.25, 0.3) is 5.91 Å². The highest BCUT2D eigenvalue weighted by atomic mass is 16.7. The molecular weight excluding hydrogens is 344 g/mol. The van der Waals surface area contributed by atoms with Gasteiger partial charge in [0.15, 0.2) is 11.5 Å². The van der Waals surface area contributed by atoms with E-state index >= 15 is 0 Å². The molecule has 2 aromatic rings. The summed E-state index contributed by atoms with van der Waals surface area (Å²) in [6.07, 6.45) is 3.09. The summed E-state index contributed by atoms with van der Waals surface area (Å²) in [6, 6.07) is 9.56. The third-order valence-electron chi connectivity index (χ3n) is 5.43. The molecule has 138 valence electrons. The summed E-state index contributed by atoms with van der Waals surface area (Å²) >= 11 is 0. The van der Waals surface area contributed by atoms with Gasteiger partial charge in [-0.1, -0.05) is 6.07 Å². The quantitative estimate of drug-likeness (QED) is 0.909. The second kappa shape index (κ2) is 6.30. The first-order valence-electron chi connectivity index (χ1n) is 9.32. The molecule has 1 N–H and O–H groups in total. The average molecular weight is 364 g/mol. The van der Waals surface area contributed by atoms with Gasteiger partial charge in [-0.3, -0.25) is 9.59 Å². The predicted molar refractivity (Wildman–Crippen MR) is 99.2 cm³/mol. The molecule has 0 fully saturated rings. The largest absolute Gasteiger partial charge is 0.454 e. The van der Waals surface area contributed by atoms with Gasteiger partial charge >= 0.3 is 0 Å². The van der Waals surface area contributed by atoms with Gasteiger partial charge in [-0.2, -0.15) is 0 Å². The molecule has 6 nitrogen and oxygen atoms in total. The smallest absolute Gasteiger partial charge is 0.251 e. The van der Waals surface area contributed by atoms with Gasteiger partial charge in [-0.05, 0) is 60.2 Å². The monoisotopic (exact) mass is 364 g/mol. The predicted octanol–water partition coefficient (Wildman–Crippen LogP) is 2.57. The van der Waals surface area contributed by atoms with Gasteiger partial charge in [0.2, 0.25) is 12.7 Å². The molecule has 6 heteroatoms. The zero-order valence-corrected chi connectivity index (χ0v) is 14.9. The van der Waals surface area contributed by atoms with E-state index in [1.807, 2.05) is 35.2 Å². The first kappa shape index (κ1) is 16.2. The molecule has 0 bridgehead atoms. The van der Waals surface area contributed by atoms with Crippen LogP contribution in [-0.4, -0.2) is 25.2 Å². The van der Waals surface area contributed by atoms with Crippen molar-refractivity contribution < 1.29 is 19.1 Å². The number of fused-ring (bicyclic) bond motifs is 1. The summed E-state index contributed by atoms with van der Waals surface area (Å²) in [5.41, 5.74) is 4.90. The topological polar surface area (TPSA) is 67.9 Å². The standard InChI is InChI=1S/C21H20N2O4/c24-19-6-4-15-10-16(9-14-2-1-7-23(19)20(14)15)21(25)22-11-13-3-5-17-18(8-13)27-12-26-17/h3,5,8-10H,1-2,4,6-7,11-12H2,(H,22,25). The molecule has 2 aromatic carbocycles. The molecule has 3 aliphatic heterocycles. The number of carbonyl (C=O) groups is 2. The van der Waals surface area contributed by atoms with Crippen LogP contribution in [0.4, 0.5) is 5.69 Å². The maximum atomic E-state index is 12.7. The van der Waals surface area contributed by atoms with Gasteiger partial charge in [-0.25, -0.2) is 0 Å². The number of hydrogen-bond acceptors (Lipinski definition) is 4. The van der Waals surface area contributed by atoms with Crippen molar-refractivity contribution in [3.8, 4) is 11.5 Å². The molecule has 0 saturated carbocycles. The van der Waals surface area contributed by atoms with Crippen LogP contribution in [0.1, 0.15) is 39.9 Å². The van der Waals surface area contributed by atoms with Crippen molar-refractivity contribution in [3.63, 3.8) is 0 Å². The molecule has 2 amide bonds. The van der Waals surface area contributed by atoms with Crippen LogP contribution < -0.4 is 19.7 Å². The number of hydrogen-bond donors (Lipinski definition) is 1. The molecule has 0 unspecified atom stereocenters. The van der Waals surface area contributed by atoms with E-state index in [2.05, 4.69) is 5.32 Å². The second-order valence-electron chi connectivity index (χ2n) is 7.16. The SMILES string of the molecule is O=C(NCc1ccc2c(c1)OCO2)c1cc2c3c(c1)CCC(=O)N3CCC2. The Hall–Kier alpha value is -3.02. The number of benzene rings is 2. The number of rotatable bonds is 3. The molecule has 0 atom stereocenters. The van der Waals surface area contributed by atoms with Crippen LogP contribution in [0.25, 0.3) is 0 Å². The van der Waals surface area contributed by atoms with Gasteiger partial charge in [0.1, 0.15) is 0 Å². The fraction of sp³-hybridized carbons (Fsp3) is 0.333. The Morgan fingerprint density at radius 3 is 2.74 bits per heavy atom. The molecule has 0 spiro atoms. The van der Waals surface area contributed by atoms with Crippen LogP contribution >= 0.6 is 0 Å². The van der Waals surface area contributed by atoms with Crippen molar-refractivity contribution in [2.24, 2.45) is 0 Å². The Balaban J connectivity index is 1.36. The zero-order chi connectivity index (χ0) is 18.4. The van der Waals surface area contributed by atoms with Gasteiger partial charge in [-0.15, -0.1) is 0 Å². The fourth-order valence-electron chi connectivity index (χ4n) is 4.12. The lowest BCUT2D eigenvalue weighted by Crippen LogP contribution is -2.39. The Kier molecular flexibility index (Phi) is 3.77. The molecular formula is C21H20N2O4. The summed E-state index contributed by atoms with van der Waals surface area (Å²) < 4.78 is 10.7. The number of nitrogens with zero attached hydrogens (tertiary/aromatic N) is 1. The molecule has 3 heterocycles. The number of anilines is 1. The van der Waals surface area contributed by atoms with Crippen LogP contribution in [0.3, 0.4) is 0 Å². The summed E-state index contributed by atoms with van der Waals surface area (Å²) in [5, 5.41) is 2.99.